The summed E-state index contributed by atoms with van der Waals surface area (Å²) in [6.45, 7) is 2.81. The van der Waals surface area contributed by atoms with Crippen molar-refractivity contribution in [3.63, 3.8) is 0 Å². The second-order valence-electron chi connectivity index (χ2n) is 6.95. The molecular weight excluding hydrogens is 381 g/mol. The molecule has 4 rings (SSSR count). The van der Waals surface area contributed by atoms with E-state index in [1.807, 2.05) is 49.4 Å². The number of ether oxygens (including phenoxy) is 2. The molecule has 0 unspecified atom stereocenters. The fourth-order valence-electron chi connectivity index (χ4n) is 3.61. The normalized spacial score (nSPS) is 14.2. The summed E-state index contributed by atoms with van der Waals surface area (Å²) in [6, 6.07) is 19.6. The van der Waals surface area contributed by atoms with Crippen molar-refractivity contribution in [3.8, 4) is 11.5 Å². The summed E-state index contributed by atoms with van der Waals surface area (Å²) in [5.74, 6) is 0.792. The standard InChI is InChI=1S/C25H22FNO3/c1-3-27-22-10-5-4-9-20(22)21(25(27)28)14-17-11-12-23(24(15-17)29-2)30-16-18-7-6-8-19(26)13-18/h4-15H,3,16H2,1-2H3/b21-14-. The lowest BCUT2D eigenvalue weighted by molar-refractivity contribution is -0.112. The molecule has 152 valence electrons. The zero-order valence-electron chi connectivity index (χ0n) is 16.9. The molecule has 0 aromatic heterocycles. The van der Waals surface area contributed by atoms with Crippen LogP contribution in [0.5, 0.6) is 11.5 Å². The molecule has 0 aliphatic carbocycles. The molecular formula is C25H22FNO3. The van der Waals surface area contributed by atoms with Crippen molar-refractivity contribution in [1.29, 1.82) is 0 Å². The first-order valence-electron chi connectivity index (χ1n) is 9.79. The van der Waals surface area contributed by atoms with Gasteiger partial charge in [-0.15, -0.1) is 0 Å². The average molecular weight is 403 g/mol. The molecule has 0 saturated heterocycles. The first-order chi connectivity index (χ1) is 14.6. The van der Waals surface area contributed by atoms with E-state index < -0.39 is 0 Å². The van der Waals surface area contributed by atoms with Gasteiger partial charge in [0.15, 0.2) is 11.5 Å². The van der Waals surface area contributed by atoms with Crippen LogP contribution in [0.1, 0.15) is 23.6 Å². The summed E-state index contributed by atoms with van der Waals surface area (Å²) in [7, 11) is 1.57. The fourth-order valence-corrected chi connectivity index (χ4v) is 3.61. The van der Waals surface area contributed by atoms with Gasteiger partial charge >= 0.3 is 0 Å². The van der Waals surface area contributed by atoms with E-state index >= 15 is 0 Å². The number of halogens is 1. The lowest BCUT2D eigenvalue weighted by atomic mass is 10.0. The van der Waals surface area contributed by atoms with Crippen LogP contribution < -0.4 is 14.4 Å². The molecule has 1 aliphatic rings. The maximum Gasteiger partial charge on any atom is 0.258 e. The first kappa shape index (κ1) is 19.7. The number of methoxy groups -OCH3 is 1. The second-order valence-corrected chi connectivity index (χ2v) is 6.95. The van der Waals surface area contributed by atoms with E-state index in [-0.39, 0.29) is 18.3 Å². The second kappa shape index (κ2) is 8.41. The highest BCUT2D eigenvalue weighted by atomic mass is 19.1. The van der Waals surface area contributed by atoms with Gasteiger partial charge in [-0.2, -0.15) is 0 Å². The topological polar surface area (TPSA) is 38.8 Å². The third-order valence-electron chi connectivity index (χ3n) is 5.06. The first-order valence-corrected chi connectivity index (χ1v) is 9.79. The monoisotopic (exact) mass is 403 g/mol. The van der Waals surface area contributed by atoms with Gasteiger partial charge in [-0.05, 0) is 54.5 Å². The predicted octanol–water partition coefficient (Wildman–Crippen LogP) is 5.32. The zero-order chi connectivity index (χ0) is 21.1. The molecule has 0 spiro atoms. The Morgan fingerprint density at radius 1 is 1.00 bits per heavy atom. The van der Waals surface area contributed by atoms with Crippen LogP contribution in [0, 0.1) is 5.82 Å². The highest BCUT2D eigenvalue weighted by Crippen LogP contribution is 2.38. The number of nitrogens with zero attached hydrogens (tertiary/aromatic N) is 1. The Balaban J connectivity index is 1.61. The van der Waals surface area contributed by atoms with Gasteiger partial charge in [-0.1, -0.05) is 36.4 Å². The lowest BCUT2D eigenvalue weighted by Crippen LogP contribution is -2.25. The number of rotatable bonds is 6. The predicted molar refractivity (Wildman–Crippen MR) is 116 cm³/mol. The molecule has 1 aliphatic heterocycles. The quantitative estimate of drug-likeness (QED) is 0.523. The summed E-state index contributed by atoms with van der Waals surface area (Å²) in [6.07, 6.45) is 1.87. The van der Waals surface area contributed by atoms with Crippen LogP contribution in [0.25, 0.3) is 11.6 Å². The molecule has 3 aromatic carbocycles. The molecule has 0 radical (unpaired) electrons. The molecule has 3 aromatic rings. The number of para-hydroxylation sites is 1. The van der Waals surface area contributed by atoms with Gasteiger partial charge in [0.05, 0.1) is 12.8 Å². The minimum absolute atomic E-state index is 0.0101. The van der Waals surface area contributed by atoms with Crippen LogP contribution in [-0.2, 0) is 11.4 Å². The summed E-state index contributed by atoms with van der Waals surface area (Å²) in [5, 5.41) is 0. The van der Waals surface area contributed by atoms with Crippen LogP contribution in [0.2, 0.25) is 0 Å². The number of carbonyl (C=O) groups is 1. The Hall–Kier alpha value is -3.60. The number of hydrogen-bond acceptors (Lipinski definition) is 3. The van der Waals surface area contributed by atoms with Crippen LogP contribution in [-0.4, -0.2) is 19.6 Å². The van der Waals surface area contributed by atoms with Crippen molar-refractivity contribution in [1.82, 2.24) is 0 Å². The molecule has 0 atom stereocenters. The SMILES string of the molecule is CCN1C(=O)/C(=C\c2ccc(OCc3cccc(F)c3)c(OC)c2)c2ccccc21. The van der Waals surface area contributed by atoms with Crippen molar-refractivity contribution in [3.05, 3.63) is 89.2 Å². The highest BCUT2D eigenvalue weighted by Gasteiger charge is 2.30. The lowest BCUT2D eigenvalue weighted by Gasteiger charge is -2.13. The van der Waals surface area contributed by atoms with Crippen LogP contribution in [0.4, 0.5) is 10.1 Å². The van der Waals surface area contributed by atoms with Gasteiger partial charge < -0.3 is 14.4 Å². The minimum atomic E-state index is -0.298. The number of likely N-dealkylation sites (N-methyl/N-ethyl adjacent to an activating group) is 1. The Kier molecular flexibility index (Phi) is 5.53. The van der Waals surface area contributed by atoms with E-state index in [9.17, 15) is 9.18 Å². The Morgan fingerprint density at radius 3 is 2.60 bits per heavy atom. The molecule has 0 bridgehead atoms. The van der Waals surface area contributed by atoms with Gasteiger partial charge in [0.25, 0.3) is 5.91 Å². The number of benzene rings is 3. The van der Waals surface area contributed by atoms with Crippen molar-refractivity contribution < 1.29 is 18.7 Å². The van der Waals surface area contributed by atoms with Crippen molar-refractivity contribution >= 4 is 23.2 Å². The fraction of sp³-hybridized carbons (Fsp3) is 0.160. The van der Waals surface area contributed by atoms with Gasteiger partial charge in [0.2, 0.25) is 0 Å². The van der Waals surface area contributed by atoms with Crippen LogP contribution >= 0.6 is 0 Å². The summed E-state index contributed by atoms with van der Waals surface area (Å²) in [4.78, 5) is 14.6. The van der Waals surface area contributed by atoms with E-state index in [0.29, 0.717) is 23.6 Å². The molecule has 1 amide bonds. The van der Waals surface area contributed by atoms with Crippen molar-refractivity contribution in [2.45, 2.75) is 13.5 Å². The maximum atomic E-state index is 13.4. The number of fused-ring (bicyclic) bond motifs is 1. The third kappa shape index (κ3) is 3.79. The van der Waals surface area contributed by atoms with Gasteiger partial charge in [-0.25, -0.2) is 4.39 Å². The Morgan fingerprint density at radius 2 is 1.83 bits per heavy atom. The Bertz CT molecular complexity index is 1120. The Labute approximate surface area is 175 Å². The van der Waals surface area contributed by atoms with Gasteiger partial charge in [0.1, 0.15) is 12.4 Å². The average Bonchev–Trinajstić information content (AvgIpc) is 3.03. The van der Waals surface area contributed by atoms with E-state index in [1.165, 1.54) is 12.1 Å². The molecule has 30 heavy (non-hydrogen) atoms. The molecule has 0 N–H and O–H groups in total. The largest absolute Gasteiger partial charge is 0.493 e. The zero-order valence-corrected chi connectivity index (χ0v) is 16.9. The van der Waals surface area contributed by atoms with Crippen molar-refractivity contribution in [2.75, 3.05) is 18.6 Å². The van der Waals surface area contributed by atoms with Crippen LogP contribution in [0.3, 0.4) is 0 Å². The number of anilines is 1. The van der Waals surface area contributed by atoms with E-state index in [1.54, 1.807) is 30.2 Å². The molecule has 0 fully saturated rings. The van der Waals surface area contributed by atoms with Crippen LogP contribution in [0.15, 0.2) is 66.7 Å². The van der Waals surface area contributed by atoms with Gasteiger partial charge in [0, 0.05) is 17.7 Å². The maximum absolute atomic E-state index is 13.4. The summed E-state index contributed by atoms with van der Waals surface area (Å²) >= 11 is 0. The molecule has 1 heterocycles. The molecule has 5 heteroatoms. The van der Waals surface area contributed by atoms with E-state index in [0.717, 1.165) is 22.4 Å². The smallest absolute Gasteiger partial charge is 0.258 e. The number of hydrogen-bond donors (Lipinski definition) is 0. The minimum Gasteiger partial charge on any atom is -0.493 e. The van der Waals surface area contributed by atoms with E-state index in [4.69, 9.17) is 9.47 Å². The number of carbonyl (C=O) groups excluding carboxylic acids is 1. The summed E-state index contributed by atoms with van der Waals surface area (Å²) in [5.41, 5.74) is 4.08. The molecule has 0 saturated carbocycles. The highest BCUT2D eigenvalue weighted by molar-refractivity contribution is 6.35. The third-order valence-corrected chi connectivity index (χ3v) is 5.06. The van der Waals surface area contributed by atoms with Crippen molar-refractivity contribution in [2.24, 2.45) is 0 Å². The van der Waals surface area contributed by atoms with E-state index in [2.05, 4.69) is 0 Å². The summed E-state index contributed by atoms with van der Waals surface area (Å²) < 4.78 is 24.7. The molecule has 4 nitrogen and oxygen atoms in total. The number of amides is 1. The van der Waals surface area contributed by atoms with Gasteiger partial charge in [-0.3, -0.25) is 4.79 Å².